The van der Waals surface area contributed by atoms with E-state index < -0.39 is 23.7 Å². The summed E-state index contributed by atoms with van der Waals surface area (Å²) in [6.45, 7) is 0. The second-order valence-corrected chi connectivity index (χ2v) is 4.39. The lowest BCUT2D eigenvalue weighted by Gasteiger charge is -2.08. The first-order chi connectivity index (χ1) is 10.2. The zero-order valence-electron chi connectivity index (χ0n) is 11.0. The number of carbonyl (C=O) groups is 2. The largest absolute Gasteiger partial charge is 0.416 e. The summed E-state index contributed by atoms with van der Waals surface area (Å²) in [6, 6.07) is 3.36. The number of nitrogens with two attached hydrogens (primary N) is 2. The summed E-state index contributed by atoms with van der Waals surface area (Å²) in [5, 5.41) is 2.22. The summed E-state index contributed by atoms with van der Waals surface area (Å²) in [4.78, 5) is 22.2. The molecule has 5 N–H and O–H groups in total. The summed E-state index contributed by atoms with van der Waals surface area (Å²) in [6.07, 6.45) is -1.82. The summed E-state index contributed by atoms with van der Waals surface area (Å²) in [7, 11) is 0. The highest BCUT2D eigenvalue weighted by molar-refractivity contribution is 6.02. The first kappa shape index (κ1) is 15.4. The second kappa shape index (κ2) is 5.43. The van der Waals surface area contributed by atoms with Crippen LogP contribution in [0.25, 0.3) is 5.69 Å². The molecule has 0 saturated carbocycles. The molecule has 22 heavy (non-hydrogen) atoms. The lowest BCUT2D eigenvalue weighted by molar-refractivity contribution is -0.137. The fourth-order valence-electron chi connectivity index (χ4n) is 1.85. The number of nitrogens with zero attached hydrogens (tertiary/aromatic N) is 1. The van der Waals surface area contributed by atoms with Crippen molar-refractivity contribution in [2.24, 2.45) is 11.5 Å². The predicted molar refractivity (Wildman–Crippen MR) is 72.5 cm³/mol. The van der Waals surface area contributed by atoms with E-state index in [9.17, 15) is 22.8 Å². The number of urea groups is 1. The summed E-state index contributed by atoms with van der Waals surface area (Å²) >= 11 is 0. The lowest BCUT2D eigenvalue weighted by atomic mass is 10.2. The molecule has 1 heterocycles. The van der Waals surface area contributed by atoms with Crippen molar-refractivity contribution in [1.29, 1.82) is 0 Å². The van der Waals surface area contributed by atoms with Crippen molar-refractivity contribution in [3.63, 3.8) is 0 Å². The molecule has 0 spiro atoms. The number of amides is 3. The number of anilines is 1. The molecule has 0 bridgehead atoms. The molecule has 2 aromatic rings. The zero-order valence-corrected chi connectivity index (χ0v) is 11.0. The Hall–Kier alpha value is -2.97. The smallest absolute Gasteiger partial charge is 0.365 e. The molecule has 0 saturated heterocycles. The molecule has 3 amide bonds. The number of hydrogen-bond donors (Lipinski definition) is 3. The highest BCUT2D eigenvalue weighted by atomic mass is 19.4. The highest BCUT2D eigenvalue weighted by Gasteiger charge is 2.30. The van der Waals surface area contributed by atoms with Crippen LogP contribution in [0.2, 0.25) is 0 Å². The maximum Gasteiger partial charge on any atom is 0.416 e. The van der Waals surface area contributed by atoms with E-state index in [1.54, 1.807) is 0 Å². The lowest BCUT2D eigenvalue weighted by Crippen LogP contribution is -2.21. The molecule has 1 aromatic heterocycles. The van der Waals surface area contributed by atoms with Gasteiger partial charge in [0.2, 0.25) is 0 Å². The van der Waals surface area contributed by atoms with Gasteiger partial charge < -0.3 is 21.4 Å². The quantitative estimate of drug-likeness (QED) is 0.807. The normalized spacial score (nSPS) is 11.2. The van der Waals surface area contributed by atoms with E-state index in [0.717, 1.165) is 12.1 Å². The Labute approximate surface area is 122 Å². The summed E-state index contributed by atoms with van der Waals surface area (Å²) in [5.41, 5.74) is 9.75. The van der Waals surface area contributed by atoms with Gasteiger partial charge in [0.1, 0.15) is 0 Å². The van der Waals surface area contributed by atoms with Crippen LogP contribution in [-0.2, 0) is 6.18 Å². The van der Waals surface area contributed by atoms with Gasteiger partial charge in [-0.1, -0.05) is 0 Å². The average Bonchev–Trinajstić information content (AvgIpc) is 2.81. The number of hydrogen-bond acceptors (Lipinski definition) is 2. The maximum atomic E-state index is 12.5. The van der Waals surface area contributed by atoms with Crippen molar-refractivity contribution in [2.75, 3.05) is 5.32 Å². The Balaban J connectivity index is 2.40. The zero-order chi connectivity index (χ0) is 16.5. The molecule has 0 aliphatic heterocycles. The van der Waals surface area contributed by atoms with Crippen molar-refractivity contribution in [3.05, 3.63) is 47.8 Å². The van der Waals surface area contributed by atoms with Gasteiger partial charge in [-0.25, -0.2) is 4.79 Å². The molecule has 0 radical (unpaired) electrons. The first-order valence-corrected chi connectivity index (χ1v) is 5.94. The van der Waals surface area contributed by atoms with Gasteiger partial charge in [-0.3, -0.25) is 4.79 Å². The van der Waals surface area contributed by atoms with Crippen LogP contribution < -0.4 is 16.8 Å². The third-order valence-corrected chi connectivity index (χ3v) is 2.84. The number of halogens is 3. The molecule has 0 aliphatic carbocycles. The van der Waals surface area contributed by atoms with Crippen molar-refractivity contribution in [2.45, 2.75) is 6.18 Å². The molecule has 9 heteroatoms. The Morgan fingerprint density at radius 2 is 1.64 bits per heavy atom. The van der Waals surface area contributed by atoms with Gasteiger partial charge in [-0.2, -0.15) is 13.2 Å². The van der Waals surface area contributed by atoms with Crippen LogP contribution >= 0.6 is 0 Å². The molecule has 116 valence electrons. The Bertz CT molecular complexity index is 720. The molecule has 2 rings (SSSR count). The van der Waals surface area contributed by atoms with Gasteiger partial charge >= 0.3 is 12.2 Å². The number of primary amides is 2. The average molecular weight is 312 g/mol. The van der Waals surface area contributed by atoms with Crippen molar-refractivity contribution in [1.82, 2.24) is 4.57 Å². The molecule has 0 aliphatic rings. The number of nitrogens with one attached hydrogen (secondary N) is 1. The fraction of sp³-hybridized carbons (Fsp3) is 0.0769. The second-order valence-electron chi connectivity index (χ2n) is 4.39. The van der Waals surface area contributed by atoms with Gasteiger partial charge in [0.05, 0.1) is 16.8 Å². The number of benzene rings is 1. The van der Waals surface area contributed by atoms with Gasteiger partial charge in [0.25, 0.3) is 5.91 Å². The van der Waals surface area contributed by atoms with E-state index in [2.05, 4.69) is 5.32 Å². The standard InChI is InChI=1S/C13H11F3N4O2/c14-13(15,16)7-1-3-8(4-2-7)20-5-9(11(17)21)10(6-20)19-12(18)22/h1-6H,(H2,17,21)(H3,18,19,22). The van der Waals surface area contributed by atoms with Gasteiger partial charge in [-0.15, -0.1) is 0 Å². The number of aromatic nitrogens is 1. The maximum absolute atomic E-state index is 12.5. The molecule has 0 unspecified atom stereocenters. The van der Waals surface area contributed by atoms with Crippen LogP contribution in [0.15, 0.2) is 36.7 Å². The van der Waals surface area contributed by atoms with Crippen LogP contribution in [0.4, 0.5) is 23.7 Å². The summed E-state index contributed by atoms with van der Waals surface area (Å²) < 4.78 is 38.9. The fourth-order valence-corrected chi connectivity index (χ4v) is 1.85. The van der Waals surface area contributed by atoms with Crippen LogP contribution in [-0.4, -0.2) is 16.5 Å². The third kappa shape index (κ3) is 3.19. The Kier molecular flexibility index (Phi) is 3.81. The minimum absolute atomic E-state index is 0.0151. The minimum Gasteiger partial charge on any atom is -0.365 e. The topological polar surface area (TPSA) is 103 Å². The van der Waals surface area contributed by atoms with Crippen molar-refractivity contribution >= 4 is 17.6 Å². The molecular weight excluding hydrogens is 301 g/mol. The highest BCUT2D eigenvalue weighted by Crippen LogP contribution is 2.30. The minimum atomic E-state index is -4.44. The van der Waals surface area contributed by atoms with E-state index >= 15 is 0 Å². The molecule has 0 fully saturated rings. The molecule has 6 nitrogen and oxygen atoms in total. The Morgan fingerprint density at radius 3 is 2.09 bits per heavy atom. The third-order valence-electron chi connectivity index (χ3n) is 2.84. The predicted octanol–water partition coefficient (Wildman–Crippen LogP) is 2.09. The number of carbonyl (C=O) groups excluding carboxylic acids is 2. The van der Waals surface area contributed by atoms with Crippen LogP contribution in [0, 0.1) is 0 Å². The van der Waals surface area contributed by atoms with Crippen molar-refractivity contribution in [3.8, 4) is 5.69 Å². The summed E-state index contributed by atoms with van der Waals surface area (Å²) in [5.74, 6) is -0.811. The van der Waals surface area contributed by atoms with E-state index in [-0.39, 0.29) is 11.3 Å². The van der Waals surface area contributed by atoms with Crippen LogP contribution in [0.3, 0.4) is 0 Å². The molecular formula is C13H11F3N4O2. The molecule has 0 atom stereocenters. The SMILES string of the molecule is NC(=O)Nc1cn(-c2ccc(C(F)(F)F)cc2)cc1C(N)=O. The monoisotopic (exact) mass is 312 g/mol. The Morgan fingerprint density at radius 1 is 1.05 bits per heavy atom. The van der Waals surface area contributed by atoms with E-state index in [1.807, 2.05) is 0 Å². The van der Waals surface area contributed by atoms with Gasteiger partial charge in [-0.05, 0) is 24.3 Å². The first-order valence-electron chi connectivity index (χ1n) is 5.94. The van der Waals surface area contributed by atoms with E-state index in [0.29, 0.717) is 5.69 Å². The van der Waals surface area contributed by atoms with Crippen molar-refractivity contribution < 1.29 is 22.8 Å². The van der Waals surface area contributed by atoms with Gasteiger partial charge in [0.15, 0.2) is 0 Å². The van der Waals surface area contributed by atoms with Gasteiger partial charge in [0, 0.05) is 18.1 Å². The molecule has 1 aromatic carbocycles. The van der Waals surface area contributed by atoms with E-state index in [4.69, 9.17) is 11.5 Å². The van der Waals surface area contributed by atoms with Crippen LogP contribution in [0.5, 0.6) is 0 Å². The number of rotatable bonds is 3. The van der Waals surface area contributed by atoms with Crippen LogP contribution in [0.1, 0.15) is 15.9 Å². The number of alkyl halides is 3. The van der Waals surface area contributed by atoms with E-state index in [1.165, 1.54) is 29.1 Å².